The van der Waals surface area contributed by atoms with Crippen molar-refractivity contribution in [3.8, 4) is 0 Å². The highest BCUT2D eigenvalue weighted by atomic mass is 15.1. The number of rotatable bonds is 8. The fraction of sp³-hybridized carbons (Fsp3) is 0.600. The first-order chi connectivity index (χ1) is 8.24. The monoisotopic (exact) mass is 234 g/mol. The zero-order valence-electron chi connectivity index (χ0n) is 11.4. The van der Waals surface area contributed by atoms with Crippen molar-refractivity contribution in [1.29, 1.82) is 0 Å². The van der Waals surface area contributed by atoms with Gasteiger partial charge in [-0.05, 0) is 45.4 Å². The number of hydrogen-bond acceptors (Lipinski definition) is 2. The van der Waals surface area contributed by atoms with E-state index in [1.807, 2.05) is 6.07 Å². The van der Waals surface area contributed by atoms with Crippen LogP contribution in [0.25, 0.3) is 0 Å². The topological polar surface area (TPSA) is 15.3 Å². The molecule has 0 aliphatic heterocycles. The molecule has 17 heavy (non-hydrogen) atoms. The first-order valence-corrected chi connectivity index (χ1v) is 6.77. The van der Waals surface area contributed by atoms with Crippen LogP contribution in [0.5, 0.6) is 0 Å². The van der Waals surface area contributed by atoms with Crippen molar-refractivity contribution in [3.05, 3.63) is 30.3 Å². The summed E-state index contributed by atoms with van der Waals surface area (Å²) < 4.78 is 0. The summed E-state index contributed by atoms with van der Waals surface area (Å²) in [5, 5.41) is 3.45. The average molecular weight is 234 g/mol. The molecular formula is C15H26N2. The largest absolute Gasteiger partial charge is 0.385 e. The molecule has 0 bridgehead atoms. The standard InChI is InChI=1S/C15H26N2/c1-4-12-17(14(2)3)13-8-11-16-15-9-6-5-7-10-15/h5-7,9-10,14,16H,4,8,11-13H2,1-3H3. The lowest BCUT2D eigenvalue weighted by molar-refractivity contribution is 0.221. The first kappa shape index (κ1) is 14.0. The third kappa shape index (κ3) is 5.73. The number of nitrogens with zero attached hydrogens (tertiary/aromatic N) is 1. The molecule has 2 heteroatoms. The Balaban J connectivity index is 2.18. The molecule has 1 rings (SSSR count). The first-order valence-electron chi connectivity index (χ1n) is 6.77. The van der Waals surface area contributed by atoms with Gasteiger partial charge in [0, 0.05) is 24.8 Å². The van der Waals surface area contributed by atoms with Crippen LogP contribution >= 0.6 is 0 Å². The molecule has 0 heterocycles. The van der Waals surface area contributed by atoms with E-state index in [9.17, 15) is 0 Å². The second-order valence-electron chi connectivity index (χ2n) is 4.78. The molecule has 0 saturated carbocycles. The normalized spacial score (nSPS) is 11.1. The van der Waals surface area contributed by atoms with Crippen LogP contribution in [0.2, 0.25) is 0 Å². The zero-order valence-corrected chi connectivity index (χ0v) is 11.4. The molecule has 1 aromatic rings. The predicted molar refractivity (Wildman–Crippen MR) is 76.5 cm³/mol. The maximum atomic E-state index is 3.45. The summed E-state index contributed by atoms with van der Waals surface area (Å²) in [6.45, 7) is 10.3. The number of benzene rings is 1. The molecule has 1 N–H and O–H groups in total. The number of hydrogen-bond donors (Lipinski definition) is 1. The lowest BCUT2D eigenvalue weighted by Crippen LogP contribution is -2.33. The van der Waals surface area contributed by atoms with E-state index in [1.165, 1.54) is 31.6 Å². The van der Waals surface area contributed by atoms with Crippen LogP contribution in [0, 0.1) is 0 Å². The molecule has 1 aromatic carbocycles. The summed E-state index contributed by atoms with van der Waals surface area (Å²) in [5.74, 6) is 0. The van der Waals surface area contributed by atoms with Gasteiger partial charge in [-0.25, -0.2) is 0 Å². The molecule has 0 atom stereocenters. The van der Waals surface area contributed by atoms with Gasteiger partial charge in [0.05, 0.1) is 0 Å². The Bertz CT molecular complexity index is 282. The zero-order chi connectivity index (χ0) is 12.5. The van der Waals surface area contributed by atoms with E-state index in [1.54, 1.807) is 0 Å². The van der Waals surface area contributed by atoms with Crippen molar-refractivity contribution in [1.82, 2.24) is 4.90 Å². The van der Waals surface area contributed by atoms with Gasteiger partial charge in [0.1, 0.15) is 0 Å². The third-order valence-electron chi connectivity index (χ3n) is 2.97. The van der Waals surface area contributed by atoms with Crippen LogP contribution in [0.15, 0.2) is 30.3 Å². The molecule has 0 aromatic heterocycles. The van der Waals surface area contributed by atoms with E-state index < -0.39 is 0 Å². The molecule has 0 radical (unpaired) electrons. The number of nitrogens with one attached hydrogen (secondary N) is 1. The van der Waals surface area contributed by atoms with Gasteiger partial charge in [-0.3, -0.25) is 0 Å². The number of para-hydroxylation sites is 1. The lowest BCUT2D eigenvalue weighted by atomic mass is 10.2. The van der Waals surface area contributed by atoms with Gasteiger partial charge in [0.15, 0.2) is 0 Å². The quantitative estimate of drug-likeness (QED) is 0.691. The Hall–Kier alpha value is -1.02. The Kier molecular flexibility index (Phi) is 6.71. The second kappa shape index (κ2) is 8.13. The Morgan fingerprint density at radius 2 is 1.82 bits per heavy atom. The van der Waals surface area contributed by atoms with Gasteiger partial charge in [-0.15, -0.1) is 0 Å². The van der Waals surface area contributed by atoms with E-state index in [2.05, 4.69) is 55.3 Å². The molecule has 0 spiro atoms. The highest BCUT2D eigenvalue weighted by Crippen LogP contribution is 2.05. The van der Waals surface area contributed by atoms with Gasteiger partial charge < -0.3 is 10.2 Å². The van der Waals surface area contributed by atoms with Gasteiger partial charge in [-0.1, -0.05) is 25.1 Å². The molecule has 0 amide bonds. The highest BCUT2D eigenvalue weighted by Gasteiger charge is 2.06. The summed E-state index contributed by atoms with van der Waals surface area (Å²) in [4.78, 5) is 2.55. The Morgan fingerprint density at radius 3 is 2.41 bits per heavy atom. The fourth-order valence-electron chi connectivity index (χ4n) is 1.99. The van der Waals surface area contributed by atoms with Crippen LogP contribution in [0.4, 0.5) is 5.69 Å². The van der Waals surface area contributed by atoms with Crippen molar-refractivity contribution < 1.29 is 0 Å². The summed E-state index contributed by atoms with van der Waals surface area (Å²) in [5.41, 5.74) is 1.22. The highest BCUT2D eigenvalue weighted by molar-refractivity contribution is 5.42. The van der Waals surface area contributed by atoms with E-state index in [0.717, 1.165) is 6.54 Å². The van der Waals surface area contributed by atoms with Crippen LogP contribution in [-0.4, -0.2) is 30.6 Å². The Labute approximate surface area is 106 Å². The van der Waals surface area contributed by atoms with Gasteiger partial charge >= 0.3 is 0 Å². The van der Waals surface area contributed by atoms with E-state index in [-0.39, 0.29) is 0 Å². The molecule has 0 aliphatic carbocycles. The van der Waals surface area contributed by atoms with E-state index in [0.29, 0.717) is 6.04 Å². The van der Waals surface area contributed by atoms with Crippen LogP contribution in [0.1, 0.15) is 33.6 Å². The van der Waals surface area contributed by atoms with Crippen LogP contribution in [-0.2, 0) is 0 Å². The minimum atomic E-state index is 0.659. The minimum absolute atomic E-state index is 0.659. The summed E-state index contributed by atoms with van der Waals surface area (Å²) in [7, 11) is 0. The van der Waals surface area contributed by atoms with Gasteiger partial charge in [0.2, 0.25) is 0 Å². The van der Waals surface area contributed by atoms with Gasteiger partial charge in [0.25, 0.3) is 0 Å². The minimum Gasteiger partial charge on any atom is -0.385 e. The maximum absolute atomic E-state index is 3.45. The van der Waals surface area contributed by atoms with Crippen molar-refractivity contribution in [2.45, 2.75) is 39.7 Å². The lowest BCUT2D eigenvalue weighted by Gasteiger charge is -2.25. The van der Waals surface area contributed by atoms with Crippen molar-refractivity contribution >= 4 is 5.69 Å². The summed E-state index contributed by atoms with van der Waals surface area (Å²) in [6, 6.07) is 11.1. The SMILES string of the molecule is CCCN(CCCNc1ccccc1)C(C)C. The van der Waals surface area contributed by atoms with Crippen LogP contribution in [0.3, 0.4) is 0 Å². The molecule has 0 aliphatic rings. The molecule has 96 valence electrons. The third-order valence-corrected chi connectivity index (χ3v) is 2.97. The van der Waals surface area contributed by atoms with Crippen molar-refractivity contribution in [3.63, 3.8) is 0 Å². The summed E-state index contributed by atoms with van der Waals surface area (Å²) >= 11 is 0. The van der Waals surface area contributed by atoms with Crippen molar-refractivity contribution in [2.24, 2.45) is 0 Å². The molecule has 2 nitrogen and oxygen atoms in total. The van der Waals surface area contributed by atoms with E-state index in [4.69, 9.17) is 0 Å². The molecular weight excluding hydrogens is 208 g/mol. The van der Waals surface area contributed by atoms with Crippen molar-refractivity contribution in [2.75, 3.05) is 25.0 Å². The van der Waals surface area contributed by atoms with E-state index >= 15 is 0 Å². The number of anilines is 1. The Morgan fingerprint density at radius 1 is 1.12 bits per heavy atom. The smallest absolute Gasteiger partial charge is 0.0340 e. The molecule has 0 fully saturated rings. The van der Waals surface area contributed by atoms with Crippen LogP contribution < -0.4 is 5.32 Å². The predicted octanol–water partition coefficient (Wildman–Crippen LogP) is 3.61. The van der Waals surface area contributed by atoms with Gasteiger partial charge in [-0.2, -0.15) is 0 Å². The molecule has 0 saturated heterocycles. The maximum Gasteiger partial charge on any atom is 0.0340 e. The average Bonchev–Trinajstić information content (AvgIpc) is 2.34. The molecule has 0 unspecified atom stereocenters. The second-order valence-corrected chi connectivity index (χ2v) is 4.78. The fourth-order valence-corrected chi connectivity index (χ4v) is 1.99. The summed E-state index contributed by atoms with van der Waals surface area (Å²) in [6.07, 6.45) is 2.44.